The zero-order chi connectivity index (χ0) is 16.1. The summed E-state index contributed by atoms with van der Waals surface area (Å²) >= 11 is 0. The lowest BCUT2D eigenvalue weighted by molar-refractivity contribution is 0.0961. The Balaban J connectivity index is 2.02. The predicted octanol–water partition coefficient (Wildman–Crippen LogP) is 4.18. The smallest absolute Gasteiger partial charge is 0.196 e. The fourth-order valence-electron chi connectivity index (χ4n) is 2.30. The summed E-state index contributed by atoms with van der Waals surface area (Å²) in [7, 11) is -0.0805. The van der Waals surface area contributed by atoms with Crippen LogP contribution in [0.25, 0.3) is 0 Å². The average molecular weight is 314 g/mol. The number of aryl methyl sites for hydroxylation is 1. The van der Waals surface area contributed by atoms with Crippen molar-refractivity contribution in [2.45, 2.75) is 27.2 Å². The van der Waals surface area contributed by atoms with Crippen molar-refractivity contribution >= 4 is 19.5 Å². The van der Waals surface area contributed by atoms with Gasteiger partial charge in [-0.3, -0.25) is 9.36 Å². The molecule has 0 fully saturated rings. The number of ether oxygens (including phenoxy) is 1. The SMILES string of the molecule is Cc1ccc(C(=O)CCOc2ccccc2P=O)c(C)c1C. The third kappa shape index (κ3) is 3.61. The zero-order valence-corrected chi connectivity index (χ0v) is 13.9. The Hall–Kier alpha value is -1.99. The molecule has 0 bridgehead atoms. The topological polar surface area (TPSA) is 43.4 Å². The molecule has 2 aromatic rings. The van der Waals surface area contributed by atoms with E-state index >= 15 is 0 Å². The van der Waals surface area contributed by atoms with E-state index in [0.29, 0.717) is 17.5 Å². The molecule has 0 aliphatic rings. The molecule has 0 aliphatic carbocycles. The molecular formula is C18H19O3P. The molecule has 0 radical (unpaired) electrons. The van der Waals surface area contributed by atoms with Crippen molar-refractivity contribution in [2.24, 2.45) is 0 Å². The molecule has 22 heavy (non-hydrogen) atoms. The Kier molecular flexibility index (Phi) is 5.46. The van der Waals surface area contributed by atoms with Crippen molar-refractivity contribution in [1.29, 1.82) is 0 Å². The van der Waals surface area contributed by atoms with Crippen molar-refractivity contribution < 1.29 is 14.1 Å². The van der Waals surface area contributed by atoms with Gasteiger partial charge >= 0.3 is 0 Å². The highest BCUT2D eigenvalue weighted by Gasteiger charge is 2.12. The van der Waals surface area contributed by atoms with Crippen molar-refractivity contribution in [3.63, 3.8) is 0 Å². The van der Waals surface area contributed by atoms with Gasteiger partial charge in [-0.2, -0.15) is 0 Å². The van der Waals surface area contributed by atoms with Crippen molar-refractivity contribution in [2.75, 3.05) is 6.61 Å². The summed E-state index contributed by atoms with van der Waals surface area (Å²) in [6.07, 6.45) is 0.299. The molecule has 2 aromatic carbocycles. The summed E-state index contributed by atoms with van der Waals surface area (Å²) in [5.74, 6) is 0.626. The van der Waals surface area contributed by atoms with E-state index in [1.165, 1.54) is 5.56 Å². The lowest BCUT2D eigenvalue weighted by Gasteiger charge is -2.11. The van der Waals surface area contributed by atoms with Crippen LogP contribution < -0.4 is 10.0 Å². The van der Waals surface area contributed by atoms with Gasteiger partial charge in [-0.25, -0.2) is 0 Å². The van der Waals surface area contributed by atoms with Gasteiger partial charge in [0.15, 0.2) is 14.2 Å². The lowest BCUT2D eigenvalue weighted by atomic mass is 9.95. The predicted molar refractivity (Wildman–Crippen MR) is 88.8 cm³/mol. The van der Waals surface area contributed by atoms with Crippen LogP contribution >= 0.6 is 8.46 Å². The first-order chi connectivity index (χ1) is 10.5. The Morgan fingerprint density at radius 2 is 1.77 bits per heavy atom. The molecule has 0 atom stereocenters. The number of Topliss-reactive ketones (excluding diaryl/α,β-unsaturated/α-hetero) is 1. The van der Waals surface area contributed by atoms with Gasteiger partial charge in [-0.1, -0.05) is 24.3 Å². The van der Waals surface area contributed by atoms with E-state index < -0.39 is 0 Å². The minimum atomic E-state index is -0.0805. The summed E-state index contributed by atoms with van der Waals surface area (Å²) in [6, 6.07) is 11.0. The van der Waals surface area contributed by atoms with Crippen LogP contribution in [-0.4, -0.2) is 12.4 Å². The fraction of sp³-hybridized carbons (Fsp3) is 0.278. The second-order valence-corrected chi connectivity index (χ2v) is 5.93. The van der Waals surface area contributed by atoms with Gasteiger partial charge in [0.1, 0.15) is 5.75 Å². The van der Waals surface area contributed by atoms with Crippen LogP contribution in [0, 0.1) is 20.8 Å². The van der Waals surface area contributed by atoms with Gasteiger partial charge < -0.3 is 4.74 Å². The maximum Gasteiger partial charge on any atom is 0.196 e. The maximum absolute atomic E-state index is 12.3. The highest BCUT2D eigenvalue weighted by molar-refractivity contribution is 7.34. The molecule has 2 rings (SSSR count). The number of hydrogen-bond donors (Lipinski definition) is 0. The molecule has 0 spiro atoms. The summed E-state index contributed by atoms with van der Waals surface area (Å²) in [5, 5.41) is 0.595. The Morgan fingerprint density at radius 3 is 2.50 bits per heavy atom. The van der Waals surface area contributed by atoms with E-state index in [4.69, 9.17) is 4.74 Å². The number of rotatable bonds is 6. The van der Waals surface area contributed by atoms with Gasteiger partial charge in [-0.05, 0) is 49.6 Å². The third-order valence-corrected chi connectivity index (χ3v) is 4.47. The van der Waals surface area contributed by atoms with E-state index in [2.05, 4.69) is 0 Å². The van der Waals surface area contributed by atoms with Crippen LogP contribution in [0.4, 0.5) is 0 Å². The Labute approximate surface area is 132 Å². The number of carbonyl (C=O) groups excluding carboxylic acids is 1. The Bertz CT molecular complexity index is 707. The third-order valence-electron chi connectivity index (χ3n) is 3.91. The quantitative estimate of drug-likeness (QED) is 0.593. The molecule has 0 amide bonds. The molecule has 0 aromatic heterocycles. The highest BCUT2D eigenvalue weighted by Crippen LogP contribution is 2.19. The monoisotopic (exact) mass is 314 g/mol. The minimum Gasteiger partial charge on any atom is -0.492 e. The van der Waals surface area contributed by atoms with Crippen LogP contribution in [0.3, 0.4) is 0 Å². The molecular weight excluding hydrogens is 295 g/mol. The second kappa shape index (κ2) is 7.33. The Morgan fingerprint density at radius 1 is 1.05 bits per heavy atom. The van der Waals surface area contributed by atoms with Gasteiger partial charge in [0, 0.05) is 12.0 Å². The minimum absolute atomic E-state index is 0.0674. The van der Waals surface area contributed by atoms with Crippen LogP contribution in [0.1, 0.15) is 33.5 Å². The van der Waals surface area contributed by atoms with Gasteiger partial charge in [0.05, 0.1) is 11.9 Å². The first-order valence-corrected chi connectivity index (χ1v) is 8.01. The molecule has 0 unspecified atom stereocenters. The van der Waals surface area contributed by atoms with Crippen molar-refractivity contribution in [3.05, 3.63) is 58.7 Å². The molecule has 0 saturated carbocycles. The van der Waals surface area contributed by atoms with Gasteiger partial charge in [0.2, 0.25) is 0 Å². The standard InChI is InChI=1S/C18H19O3P/c1-12-8-9-15(14(3)13(12)2)16(19)10-11-21-17-6-4-5-7-18(17)22-20/h4-9H,10-11H2,1-3H3. The summed E-state index contributed by atoms with van der Waals surface area (Å²) in [4.78, 5) is 12.3. The number of carbonyl (C=O) groups is 1. The molecule has 3 nitrogen and oxygen atoms in total. The second-order valence-electron chi connectivity index (χ2n) is 5.26. The first kappa shape index (κ1) is 16.4. The van der Waals surface area contributed by atoms with Gasteiger partial charge in [0.25, 0.3) is 0 Å². The summed E-state index contributed by atoms with van der Waals surface area (Å²) in [6.45, 7) is 6.32. The highest BCUT2D eigenvalue weighted by atomic mass is 31.1. The normalized spacial score (nSPS) is 10.7. The van der Waals surface area contributed by atoms with E-state index in [1.54, 1.807) is 18.2 Å². The molecule has 4 heteroatoms. The van der Waals surface area contributed by atoms with Crippen LogP contribution in [0.15, 0.2) is 36.4 Å². The average Bonchev–Trinajstić information content (AvgIpc) is 2.53. The molecule has 0 N–H and O–H groups in total. The summed E-state index contributed by atoms with van der Waals surface area (Å²) in [5.41, 5.74) is 4.13. The van der Waals surface area contributed by atoms with E-state index in [0.717, 1.165) is 16.7 Å². The van der Waals surface area contributed by atoms with Crippen molar-refractivity contribution in [1.82, 2.24) is 0 Å². The maximum atomic E-state index is 12.3. The van der Waals surface area contributed by atoms with Crippen LogP contribution in [0.5, 0.6) is 5.75 Å². The largest absolute Gasteiger partial charge is 0.492 e. The van der Waals surface area contributed by atoms with Crippen molar-refractivity contribution in [3.8, 4) is 5.75 Å². The number of ketones is 1. The first-order valence-electron chi connectivity index (χ1n) is 7.19. The number of hydrogen-bond acceptors (Lipinski definition) is 3. The molecule has 0 saturated heterocycles. The number of para-hydroxylation sites is 1. The van der Waals surface area contributed by atoms with E-state index in [1.807, 2.05) is 39.0 Å². The van der Waals surface area contributed by atoms with Crippen LogP contribution in [-0.2, 0) is 4.57 Å². The van der Waals surface area contributed by atoms with Crippen LogP contribution in [0.2, 0.25) is 0 Å². The molecule has 0 aliphatic heterocycles. The summed E-state index contributed by atoms with van der Waals surface area (Å²) < 4.78 is 16.6. The number of benzene rings is 2. The van der Waals surface area contributed by atoms with E-state index in [9.17, 15) is 9.36 Å². The fourth-order valence-corrected chi connectivity index (χ4v) is 2.68. The molecule has 114 valence electrons. The van der Waals surface area contributed by atoms with Gasteiger partial charge in [-0.15, -0.1) is 0 Å². The lowest BCUT2D eigenvalue weighted by Crippen LogP contribution is -2.11. The molecule has 0 heterocycles. The van der Waals surface area contributed by atoms with E-state index in [-0.39, 0.29) is 20.9 Å². The zero-order valence-electron chi connectivity index (χ0n) is 13.1.